The van der Waals surface area contributed by atoms with Crippen LogP contribution in [-0.2, 0) is 21.7 Å². The molecule has 3 atom stereocenters. The van der Waals surface area contributed by atoms with E-state index in [9.17, 15) is 21.6 Å². The van der Waals surface area contributed by atoms with Gasteiger partial charge in [0.2, 0.25) is 0 Å². The molecule has 1 saturated carbocycles. The number of likely N-dealkylation sites (tertiary alicyclic amines) is 1. The van der Waals surface area contributed by atoms with Crippen LogP contribution >= 0.6 is 11.3 Å². The van der Waals surface area contributed by atoms with Gasteiger partial charge in [-0.05, 0) is 43.4 Å². The lowest BCUT2D eigenvalue weighted by Gasteiger charge is -2.27. The van der Waals surface area contributed by atoms with Crippen LogP contribution in [0.25, 0.3) is 5.70 Å². The van der Waals surface area contributed by atoms with E-state index >= 15 is 0 Å². The van der Waals surface area contributed by atoms with E-state index in [1.165, 1.54) is 18.2 Å². The van der Waals surface area contributed by atoms with Crippen LogP contribution in [-0.4, -0.2) is 43.8 Å². The van der Waals surface area contributed by atoms with Gasteiger partial charge in [0.1, 0.15) is 0 Å². The smallest absolute Gasteiger partial charge is 0.370 e. The third-order valence-electron chi connectivity index (χ3n) is 6.56. The number of aryl methyl sites for hydroxylation is 1. The van der Waals surface area contributed by atoms with Crippen molar-refractivity contribution in [2.75, 3.05) is 19.3 Å². The highest BCUT2D eigenvalue weighted by Gasteiger charge is 2.62. The SMILES string of the molecule is C=C(c1cc(S(C)(=O)=O)ccc1CC(C)C(F)(F)F)N1CC2CC2(c2csc(C)n2)C1. The summed E-state index contributed by atoms with van der Waals surface area (Å²) in [6.45, 7) is 8.72. The molecule has 0 bridgehead atoms. The third kappa shape index (κ3) is 4.14. The molecule has 4 nitrogen and oxygen atoms in total. The summed E-state index contributed by atoms with van der Waals surface area (Å²) in [5, 5.41) is 3.10. The number of piperidine rings is 1. The first-order valence-electron chi connectivity index (χ1n) is 10.1. The molecule has 0 amide bonds. The first-order chi connectivity index (χ1) is 14.3. The molecule has 2 fully saturated rings. The van der Waals surface area contributed by atoms with Crippen LogP contribution in [0.4, 0.5) is 13.2 Å². The molecule has 1 aliphatic heterocycles. The second-order valence-corrected chi connectivity index (χ2v) is 12.0. The topological polar surface area (TPSA) is 50.3 Å². The Morgan fingerprint density at radius 2 is 2.13 bits per heavy atom. The molecule has 3 unspecified atom stereocenters. The number of aromatic nitrogens is 1. The summed E-state index contributed by atoms with van der Waals surface area (Å²) in [4.78, 5) is 6.82. The van der Waals surface area contributed by atoms with E-state index in [0.717, 1.165) is 36.8 Å². The fourth-order valence-corrected chi connectivity index (χ4v) is 5.89. The van der Waals surface area contributed by atoms with Crippen molar-refractivity contribution in [3.8, 4) is 0 Å². The second kappa shape index (κ2) is 7.33. The number of nitrogens with zero attached hydrogens (tertiary/aromatic N) is 2. The summed E-state index contributed by atoms with van der Waals surface area (Å²) in [6.07, 6.45) is -2.41. The summed E-state index contributed by atoms with van der Waals surface area (Å²) >= 11 is 1.61. The van der Waals surface area contributed by atoms with Gasteiger partial charge in [0.05, 0.1) is 21.5 Å². The summed E-state index contributed by atoms with van der Waals surface area (Å²) in [6, 6.07) is 4.35. The average molecular weight is 471 g/mol. The van der Waals surface area contributed by atoms with Gasteiger partial charge in [-0.25, -0.2) is 13.4 Å². The summed E-state index contributed by atoms with van der Waals surface area (Å²) < 4.78 is 63.8. The molecule has 4 rings (SSSR count). The molecular weight excluding hydrogens is 445 g/mol. The Bertz CT molecular complexity index is 1140. The molecule has 2 heterocycles. The molecule has 2 aromatic rings. The minimum Gasteiger partial charge on any atom is -0.370 e. The van der Waals surface area contributed by atoms with Crippen molar-refractivity contribution in [3.63, 3.8) is 0 Å². The summed E-state index contributed by atoms with van der Waals surface area (Å²) in [7, 11) is -3.50. The summed E-state index contributed by atoms with van der Waals surface area (Å²) in [5.74, 6) is -1.11. The zero-order valence-corrected chi connectivity index (χ0v) is 19.3. The van der Waals surface area contributed by atoms with Crippen LogP contribution in [0.5, 0.6) is 0 Å². The maximum absolute atomic E-state index is 13.2. The van der Waals surface area contributed by atoms with E-state index in [4.69, 9.17) is 0 Å². The predicted molar refractivity (Wildman–Crippen MR) is 116 cm³/mol. The Morgan fingerprint density at radius 3 is 2.71 bits per heavy atom. The fraction of sp³-hybridized carbons (Fsp3) is 0.500. The highest BCUT2D eigenvalue weighted by atomic mass is 32.2. The number of hydrogen-bond acceptors (Lipinski definition) is 5. The zero-order chi connectivity index (χ0) is 22.8. The Hall–Kier alpha value is -1.87. The van der Waals surface area contributed by atoms with Crippen LogP contribution < -0.4 is 0 Å². The molecule has 1 aliphatic carbocycles. The molecular formula is C22H25F3N2O2S2. The second-order valence-electron chi connectivity index (χ2n) is 8.87. The molecule has 168 valence electrons. The van der Waals surface area contributed by atoms with Gasteiger partial charge >= 0.3 is 6.18 Å². The molecule has 1 saturated heterocycles. The molecule has 1 aromatic carbocycles. The quantitative estimate of drug-likeness (QED) is 0.606. The Labute approximate surface area is 184 Å². The number of sulfone groups is 1. The lowest BCUT2D eigenvalue weighted by atomic mass is 9.94. The number of fused-ring (bicyclic) bond motifs is 1. The monoisotopic (exact) mass is 470 g/mol. The number of halogens is 3. The van der Waals surface area contributed by atoms with Crippen molar-refractivity contribution < 1.29 is 21.6 Å². The number of thiazole rings is 1. The number of alkyl halides is 3. The Balaban J connectivity index is 1.65. The van der Waals surface area contributed by atoms with Gasteiger partial charge in [-0.1, -0.05) is 19.6 Å². The Morgan fingerprint density at radius 1 is 1.42 bits per heavy atom. The fourth-order valence-electron chi connectivity index (χ4n) is 4.53. The molecule has 0 spiro atoms. The van der Waals surface area contributed by atoms with Crippen LogP contribution in [0.1, 0.15) is 35.2 Å². The molecule has 0 N–H and O–H groups in total. The first-order valence-corrected chi connectivity index (χ1v) is 12.8. The zero-order valence-electron chi connectivity index (χ0n) is 17.7. The normalized spacial score (nSPS) is 24.2. The molecule has 31 heavy (non-hydrogen) atoms. The van der Waals surface area contributed by atoms with Crippen molar-refractivity contribution in [2.45, 2.75) is 43.2 Å². The van der Waals surface area contributed by atoms with Crippen molar-refractivity contribution >= 4 is 26.9 Å². The number of rotatable bonds is 6. The van der Waals surface area contributed by atoms with Gasteiger partial charge in [0.15, 0.2) is 9.84 Å². The van der Waals surface area contributed by atoms with Gasteiger partial charge in [-0.2, -0.15) is 13.2 Å². The third-order valence-corrected chi connectivity index (χ3v) is 8.45. The van der Waals surface area contributed by atoms with Crippen molar-refractivity contribution in [1.82, 2.24) is 9.88 Å². The standard InChI is InChI=1S/C22H25F3N2O2S2/c1-13(22(23,24)25)7-16-5-6-18(31(4,28)29)8-19(16)14(2)27-10-17-9-21(17,12-27)20-11-30-15(3)26-20/h5-6,8,11,13,17H,2,7,9-10,12H2,1,3-4H3. The maximum atomic E-state index is 13.2. The lowest BCUT2D eigenvalue weighted by Crippen LogP contribution is -2.26. The highest BCUT2D eigenvalue weighted by Crippen LogP contribution is 2.60. The van der Waals surface area contributed by atoms with Crippen LogP contribution in [0.15, 0.2) is 35.1 Å². The summed E-state index contributed by atoms with van der Waals surface area (Å²) in [5.41, 5.74) is 2.56. The van der Waals surface area contributed by atoms with Crippen molar-refractivity contribution in [2.24, 2.45) is 11.8 Å². The maximum Gasteiger partial charge on any atom is 0.391 e. The van der Waals surface area contributed by atoms with E-state index in [-0.39, 0.29) is 16.7 Å². The van der Waals surface area contributed by atoms with Gasteiger partial charge in [-0.3, -0.25) is 0 Å². The van der Waals surface area contributed by atoms with Crippen molar-refractivity contribution in [3.05, 3.63) is 52.0 Å². The molecule has 2 aliphatic rings. The number of hydrogen-bond donors (Lipinski definition) is 0. The molecule has 0 radical (unpaired) electrons. The lowest BCUT2D eigenvalue weighted by molar-refractivity contribution is -0.169. The van der Waals surface area contributed by atoms with Crippen molar-refractivity contribution in [1.29, 1.82) is 0 Å². The van der Waals surface area contributed by atoms with E-state index in [1.54, 1.807) is 11.3 Å². The van der Waals surface area contributed by atoms with Gasteiger partial charge < -0.3 is 4.90 Å². The van der Waals surface area contributed by atoms with Gasteiger partial charge in [-0.15, -0.1) is 11.3 Å². The predicted octanol–water partition coefficient (Wildman–Crippen LogP) is 4.84. The van der Waals surface area contributed by atoms with Crippen LogP contribution in [0.3, 0.4) is 0 Å². The van der Waals surface area contributed by atoms with E-state index in [2.05, 4.69) is 21.8 Å². The number of benzene rings is 1. The highest BCUT2D eigenvalue weighted by molar-refractivity contribution is 7.90. The minimum absolute atomic E-state index is 0.0262. The minimum atomic E-state index is -4.32. The largest absolute Gasteiger partial charge is 0.391 e. The van der Waals surface area contributed by atoms with Gasteiger partial charge in [0, 0.05) is 41.4 Å². The molecule has 9 heteroatoms. The van der Waals surface area contributed by atoms with E-state index < -0.39 is 21.9 Å². The van der Waals surface area contributed by atoms with E-state index in [1.807, 2.05) is 6.92 Å². The molecule has 1 aromatic heterocycles. The van der Waals surface area contributed by atoms with Crippen LogP contribution in [0, 0.1) is 18.8 Å². The van der Waals surface area contributed by atoms with E-state index in [0.29, 0.717) is 29.3 Å². The first kappa shape index (κ1) is 22.3. The van der Waals surface area contributed by atoms with Gasteiger partial charge in [0.25, 0.3) is 0 Å². The average Bonchev–Trinajstić information content (AvgIpc) is 2.99. The Kier molecular flexibility index (Phi) is 5.28. The van der Waals surface area contributed by atoms with Crippen LogP contribution in [0.2, 0.25) is 0 Å².